The Hall–Kier alpha value is -6.77. The number of hydrogen-bond donors (Lipinski definition) is 13. The minimum atomic E-state index is -1.47. The summed E-state index contributed by atoms with van der Waals surface area (Å²) in [6.45, 7) is 2.68. The Morgan fingerprint density at radius 2 is 1.20 bits per heavy atom. The number of nitrogens with two attached hydrogens (primary N) is 4. The second-order valence-corrected chi connectivity index (χ2v) is 14.1. The number of phenols is 1. The van der Waals surface area contributed by atoms with Crippen molar-refractivity contribution < 1.29 is 43.5 Å². The lowest BCUT2D eigenvalue weighted by Gasteiger charge is -2.27. The second kappa shape index (κ2) is 24.8. The van der Waals surface area contributed by atoms with Gasteiger partial charge in [0.15, 0.2) is 5.96 Å². The van der Waals surface area contributed by atoms with Crippen molar-refractivity contribution in [2.45, 2.75) is 82.6 Å². The Bertz CT molecular complexity index is 1780. The first kappa shape index (κ1) is 48.4. The Morgan fingerprint density at radius 1 is 0.644 bits per heavy atom. The van der Waals surface area contributed by atoms with Crippen molar-refractivity contribution in [3.63, 3.8) is 0 Å². The molecule has 0 aliphatic heterocycles. The van der Waals surface area contributed by atoms with Crippen LogP contribution in [-0.2, 0) is 51.2 Å². The summed E-state index contributed by atoms with van der Waals surface area (Å²) in [6, 6.07) is 8.55. The largest absolute Gasteiger partial charge is 0.508 e. The summed E-state index contributed by atoms with van der Waals surface area (Å²) in [4.78, 5) is 102. The zero-order chi connectivity index (χ0) is 44.1. The Labute approximate surface area is 341 Å². The predicted molar refractivity (Wildman–Crippen MR) is 215 cm³/mol. The molecule has 0 saturated carbocycles. The normalized spacial score (nSPS) is 13.3. The van der Waals surface area contributed by atoms with Crippen molar-refractivity contribution in [3.8, 4) is 5.75 Å². The molecule has 2 aromatic rings. The maximum absolute atomic E-state index is 13.8. The van der Waals surface area contributed by atoms with Crippen LogP contribution in [0.15, 0.2) is 54.6 Å². The fourth-order valence-electron chi connectivity index (χ4n) is 5.56. The van der Waals surface area contributed by atoms with Crippen molar-refractivity contribution in [2.75, 3.05) is 19.6 Å². The van der Waals surface area contributed by atoms with Gasteiger partial charge in [0.25, 0.3) is 0 Å². The average molecular weight is 825 g/mol. The van der Waals surface area contributed by atoms with Crippen LogP contribution in [0.4, 0.5) is 0 Å². The van der Waals surface area contributed by atoms with E-state index in [-0.39, 0.29) is 56.3 Å². The number of carbonyl (C=O) groups excluding carboxylic acids is 8. The smallest absolute Gasteiger partial charge is 0.243 e. The maximum atomic E-state index is 13.8. The van der Waals surface area contributed by atoms with Crippen molar-refractivity contribution in [1.82, 2.24) is 37.2 Å². The van der Waals surface area contributed by atoms with Gasteiger partial charge in [0.2, 0.25) is 47.3 Å². The quantitative estimate of drug-likeness (QED) is 0.0262. The van der Waals surface area contributed by atoms with Crippen LogP contribution >= 0.6 is 0 Å². The average Bonchev–Trinajstić information content (AvgIpc) is 3.17. The third kappa shape index (κ3) is 19.3. The molecule has 0 heterocycles. The maximum Gasteiger partial charge on any atom is 0.243 e. The molecule has 59 heavy (non-hydrogen) atoms. The summed E-state index contributed by atoms with van der Waals surface area (Å²) in [5, 5.41) is 34.3. The molecule has 0 radical (unpaired) electrons. The predicted octanol–water partition coefficient (Wildman–Crippen LogP) is -3.65. The molecule has 0 aromatic heterocycles. The molecule has 2 rings (SSSR count). The number of rotatable bonds is 25. The number of primary amides is 2. The lowest BCUT2D eigenvalue weighted by Crippen LogP contribution is -2.59. The molecule has 0 aliphatic rings. The molecule has 5 atom stereocenters. The summed E-state index contributed by atoms with van der Waals surface area (Å²) < 4.78 is 0. The van der Waals surface area contributed by atoms with Crippen LogP contribution in [-0.4, -0.2) is 108 Å². The van der Waals surface area contributed by atoms with Crippen molar-refractivity contribution >= 4 is 53.2 Å². The lowest BCUT2D eigenvalue weighted by atomic mass is 10.00. The monoisotopic (exact) mass is 824 g/mol. The van der Waals surface area contributed by atoms with Gasteiger partial charge in [-0.2, -0.15) is 0 Å². The van der Waals surface area contributed by atoms with Crippen LogP contribution in [0.5, 0.6) is 5.75 Å². The number of phenolic OH excluding ortho intramolecular Hbond substituents is 1. The van der Waals surface area contributed by atoms with Gasteiger partial charge in [-0.05, 0) is 54.9 Å². The highest BCUT2D eigenvalue weighted by Gasteiger charge is 2.32. The van der Waals surface area contributed by atoms with Crippen LogP contribution in [0.3, 0.4) is 0 Å². The van der Waals surface area contributed by atoms with Crippen LogP contribution in [0.1, 0.15) is 50.7 Å². The van der Waals surface area contributed by atoms with Crippen LogP contribution < -0.4 is 60.2 Å². The summed E-state index contributed by atoms with van der Waals surface area (Å²) in [7, 11) is 0. The molecule has 21 nitrogen and oxygen atoms in total. The first-order valence-electron chi connectivity index (χ1n) is 18.8. The minimum Gasteiger partial charge on any atom is -0.508 e. The molecule has 0 aliphatic carbocycles. The third-order valence-corrected chi connectivity index (χ3v) is 8.56. The summed E-state index contributed by atoms with van der Waals surface area (Å²) in [5.74, 6) is -6.86. The highest BCUT2D eigenvalue weighted by Crippen LogP contribution is 2.12. The van der Waals surface area contributed by atoms with Gasteiger partial charge in [0.05, 0.1) is 25.6 Å². The van der Waals surface area contributed by atoms with Crippen LogP contribution in [0, 0.1) is 11.3 Å². The molecule has 0 saturated heterocycles. The van der Waals surface area contributed by atoms with E-state index in [0.29, 0.717) is 11.1 Å². The lowest BCUT2D eigenvalue weighted by molar-refractivity contribution is -0.135. The molecule has 0 fully saturated rings. The van der Waals surface area contributed by atoms with Gasteiger partial charge in [-0.3, -0.25) is 43.8 Å². The number of guanidine groups is 1. The molecular formula is C38H56N12O9. The molecule has 0 unspecified atom stereocenters. The highest BCUT2D eigenvalue weighted by molar-refractivity contribution is 5.97. The minimum absolute atomic E-state index is 0.0140. The first-order chi connectivity index (χ1) is 27.8. The third-order valence-electron chi connectivity index (χ3n) is 8.56. The molecule has 322 valence electrons. The van der Waals surface area contributed by atoms with E-state index < -0.39 is 97.0 Å². The van der Waals surface area contributed by atoms with E-state index in [2.05, 4.69) is 37.2 Å². The highest BCUT2D eigenvalue weighted by atomic mass is 16.3. The van der Waals surface area contributed by atoms with E-state index >= 15 is 0 Å². The number of hydrogen-bond acceptors (Lipinski definition) is 11. The molecule has 0 spiro atoms. The number of aromatic hydroxyl groups is 1. The molecular weight excluding hydrogens is 768 g/mol. The van der Waals surface area contributed by atoms with E-state index in [0.717, 1.165) is 0 Å². The van der Waals surface area contributed by atoms with Crippen LogP contribution in [0.2, 0.25) is 0 Å². The number of carbonyl (C=O) groups is 8. The SMILES string of the molecule is CC(C)C[C@H](NC(=O)[C@H](Cc1ccccc1)NC(=O)CNC(=O)CNC(=O)[C@@H](N)Cc1ccc(O)cc1)C(=O)N[C@@H](CCCNC(=N)N)C(=O)N[C@@H](CC(N)=O)C(N)=O. The fraction of sp³-hybridized carbons (Fsp3) is 0.447. The van der Waals surface area contributed by atoms with Gasteiger partial charge < -0.3 is 65.3 Å². The topological polar surface area (TPSA) is 369 Å². The number of benzene rings is 2. The van der Waals surface area contributed by atoms with Gasteiger partial charge in [0, 0.05) is 13.0 Å². The van der Waals surface area contributed by atoms with Gasteiger partial charge in [0.1, 0.15) is 29.9 Å². The van der Waals surface area contributed by atoms with Gasteiger partial charge in [-0.15, -0.1) is 0 Å². The number of nitrogens with one attached hydrogen (secondary N) is 8. The van der Waals surface area contributed by atoms with Gasteiger partial charge >= 0.3 is 0 Å². The van der Waals surface area contributed by atoms with E-state index in [9.17, 15) is 43.5 Å². The van der Waals surface area contributed by atoms with E-state index in [4.69, 9.17) is 28.3 Å². The molecule has 0 bridgehead atoms. The van der Waals surface area contributed by atoms with Crippen molar-refractivity contribution in [3.05, 3.63) is 65.7 Å². The molecule has 21 heteroatoms. The summed E-state index contributed by atoms with van der Waals surface area (Å²) in [6.07, 6.45) is -0.191. The van der Waals surface area contributed by atoms with Crippen LogP contribution in [0.25, 0.3) is 0 Å². The van der Waals surface area contributed by atoms with E-state index in [1.165, 1.54) is 12.1 Å². The van der Waals surface area contributed by atoms with Crippen molar-refractivity contribution in [2.24, 2.45) is 28.9 Å². The zero-order valence-corrected chi connectivity index (χ0v) is 33.0. The Kier molecular flexibility index (Phi) is 20.3. The van der Waals surface area contributed by atoms with Crippen molar-refractivity contribution in [1.29, 1.82) is 5.41 Å². The summed E-state index contributed by atoms with van der Waals surface area (Å²) in [5.41, 5.74) is 23.2. The zero-order valence-electron chi connectivity index (χ0n) is 33.0. The van der Waals surface area contributed by atoms with E-state index in [1.807, 2.05) is 0 Å². The van der Waals surface area contributed by atoms with E-state index in [1.54, 1.807) is 56.3 Å². The standard InChI is InChI=1S/C38H56N12O9/c1-21(2)15-28(36(58)48-26(9-6-14-44-38(42)43)35(57)49-27(33(41)55)18-30(40)52)50-37(59)29(17-22-7-4-3-5-8-22)47-32(54)20-45-31(53)19-46-34(56)25(39)16-23-10-12-24(51)13-11-23/h3-5,7-8,10-13,21,25-29,51H,6,9,14-20,39H2,1-2H3,(H2,40,52)(H2,41,55)(H,45,53)(H,46,56)(H,47,54)(H,48,58)(H,49,57)(H,50,59)(H4,42,43,44)/t25-,26-,27-,28-,29-/m0/s1. The Morgan fingerprint density at radius 3 is 1.80 bits per heavy atom. The number of amides is 8. The Balaban J connectivity index is 2.15. The van der Waals surface area contributed by atoms with Gasteiger partial charge in [-0.25, -0.2) is 0 Å². The first-order valence-corrected chi connectivity index (χ1v) is 18.8. The molecule has 2 aromatic carbocycles. The fourth-order valence-corrected chi connectivity index (χ4v) is 5.56. The summed E-state index contributed by atoms with van der Waals surface area (Å²) >= 11 is 0. The van der Waals surface area contributed by atoms with Gasteiger partial charge in [-0.1, -0.05) is 56.3 Å². The molecule has 17 N–H and O–H groups in total. The second-order valence-electron chi connectivity index (χ2n) is 14.1. The molecule has 8 amide bonds.